The Bertz CT molecular complexity index is 372. The first-order valence-corrected chi connectivity index (χ1v) is 7.06. The number of hydrogen-bond donors (Lipinski definition) is 1. The Morgan fingerprint density at radius 2 is 2.33 bits per heavy atom. The van der Waals surface area contributed by atoms with Crippen molar-refractivity contribution in [1.29, 1.82) is 0 Å². The summed E-state index contributed by atoms with van der Waals surface area (Å²) in [6.07, 6.45) is 3.40. The highest BCUT2D eigenvalue weighted by molar-refractivity contribution is 9.10. The minimum absolute atomic E-state index is 0.108. The highest BCUT2D eigenvalue weighted by Crippen LogP contribution is 2.13. The first kappa shape index (κ1) is 12.6. The Hall–Kier alpha value is -0.490. The van der Waals surface area contributed by atoms with E-state index in [0.29, 0.717) is 11.7 Å². The second kappa shape index (κ2) is 5.55. The van der Waals surface area contributed by atoms with Crippen LogP contribution < -0.4 is 5.32 Å². The number of nitrogens with zero attached hydrogens (tertiary/aromatic N) is 2. The van der Waals surface area contributed by atoms with Crippen LogP contribution in [0.5, 0.6) is 0 Å². The highest BCUT2D eigenvalue weighted by Gasteiger charge is 2.06. The summed E-state index contributed by atoms with van der Waals surface area (Å²) in [6.45, 7) is 3.86. The Morgan fingerprint density at radius 3 is 2.87 bits per heavy atom. The molecule has 84 valence electrons. The van der Waals surface area contributed by atoms with E-state index < -0.39 is 10.8 Å². The van der Waals surface area contributed by atoms with Crippen LogP contribution in [-0.4, -0.2) is 32.2 Å². The Balaban J connectivity index is 2.64. The van der Waals surface area contributed by atoms with Gasteiger partial charge in [-0.3, -0.25) is 4.21 Å². The van der Waals surface area contributed by atoms with Crippen molar-refractivity contribution in [2.45, 2.75) is 19.9 Å². The van der Waals surface area contributed by atoms with Crippen molar-refractivity contribution in [3.63, 3.8) is 0 Å². The van der Waals surface area contributed by atoms with E-state index in [9.17, 15) is 4.21 Å². The summed E-state index contributed by atoms with van der Waals surface area (Å²) < 4.78 is 11.9. The summed E-state index contributed by atoms with van der Waals surface area (Å²) in [5.74, 6) is 1.17. The van der Waals surface area contributed by atoms with Crippen molar-refractivity contribution in [3.8, 4) is 0 Å². The van der Waals surface area contributed by atoms with Gasteiger partial charge in [-0.05, 0) is 29.8 Å². The van der Waals surface area contributed by atoms with Gasteiger partial charge in [0.15, 0.2) is 0 Å². The van der Waals surface area contributed by atoms with Gasteiger partial charge in [0.2, 0.25) is 5.95 Å². The van der Waals surface area contributed by atoms with E-state index in [1.165, 1.54) is 0 Å². The Morgan fingerprint density at radius 1 is 1.67 bits per heavy atom. The monoisotopic (exact) mass is 291 g/mol. The number of anilines is 1. The van der Waals surface area contributed by atoms with E-state index in [-0.39, 0.29) is 6.04 Å². The van der Waals surface area contributed by atoms with Gasteiger partial charge in [0, 0.05) is 35.0 Å². The molecule has 15 heavy (non-hydrogen) atoms. The SMILES string of the molecule is Cc1nc(NC(C)CS(C)=O)ncc1Br. The lowest BCUT2D eigenvalue weighted by Gasteiger charge is -2.12. The van der Waals surface area contributed by atoms with Gasteiger partial charge in [0.25, 0.3) is 0 Å². The van der Waals surface area contributed by atoms with Gasteiger partial charge in [-0.1, -0.05) is 0 Å². The summed E-state index contributed by atoms with van der Waals surface area (Å²) in [6, 6.07) is 0.108. The summed E-state index contributed by atoms with van der Waals surface area (Å²) in [4.78, 5) is 8.37. The lowest BCUT2D eigenvalue weighted by molar-refractivity contribution is 0.682. The number of aryl methyl sites for hydroxylation is 1. The topological polar surface area (TPSA) is 54.9 Å². The molecule has 0 saturated heterocycles. The van der Waals surface area contributed by atoms with E-state index in [0.717, 1.165) is 10.2 Å². The number of nitrogens with one attached hydrogen (secondary N) is 1. The van der Waals surface area contributed by atoms with Crippen LogP contribution in [0.1, 0.15) is 12.6 Å². The van der Waals surface area contributed by atoms with Crippen molar-refractivity contribution < 1.29 is 4.21 Å². The molecule has 0 amide bonds. The van der Waals surface area contributed by atoms with Crippen molar-refractivity contribution in [1.82, 2.24) is 9.97 Å². The molecule has 1 aromatic rings. The summed E-state index contributed by atoms with van der Waals surface area (Å²) >= 11 is 3.33. The van der Waals surface area contributed by atoms with Crippen LogP contribution in [0.4, 0.5) is 5.95 Å². The zero-order chi connectivity index (χ0) is 11.4. The molecule has 0 saturated carbocycles. The fourth-order valence-corrected chi connectivity index (χ4v) is 2.11. The molecule has 1 aromatic heterocycles. The van der Waals surface area contributed by atoms with Gasteiger partial charge in [0.1, 0.15) is 0 Å². The Kier molecular flexibility index (Phi) is 4.66. The molecule has 0 aliphatic rings. The van der Waals surface area contributed by atoms with Crippen LogP contribution in [0, 0.1) is 6.92 Å². The summed E-state index contributed by atoms with van der Waals surface area (Å²) in [5, 5.41) is 3.11. The molecule has 0 fully saturated rings. The fraction of sp³-hybridized carbons (Fsp3) is 0.556. The molecule has 2 atom stereocenters. The first-order chi connectivity index (χ1) is 6.99. The average molecular weight is 292 g/mol. The average Bonchev–Trinajstić information content (AvgIpc) is 2.10. The van der Waals surface area contributed by atoms with Crippen LogP contribution in [0.2, 0.25) is 0 Å². The third kappa shape index (κ3) is 4.25. The normalized spacial score (nSPS) is 14.7. The maximum absolute atomic E-state index is 11.0. The van der Waals surface area contributed by atoms with E-state index in [4.69, 9.17) is 0 Å². The standard InChI is InChI=1S/C9H14BrN3OS/c1-6(5-15(3)14)12-9-11-4-8(10)7(2)13-9/h4,6H,5H2,1-3H3,(H,11,12,13). The first-order valence-electron chi connectivity index (χ1n) is 4.54. The predicted octanol–water partition coefficient (Wildman–Crippen LogP) is 1.73. The Labute approximate surface area is 100 Å². The van der Waals surface area contributed by atoms with E-state index in [1.54, 1.807) is 12.5 Å². The molecule has 0 bridgehead atoms. The molecule has 6 heteroatoms. The van der Waals surface area contributed by atoms with Gasteiger partial charge in [-0.2, -0.15) is 0 Å². The van der Waals surface area contributed by atoms with Crippen molar-refractivity contribution in [2.75, 3.05) is 17.3 Å². The largest absolute Gasteiger partial charge is 0.351 e. The minimum Gasteiger partial charge on any atom is -0.351 e. The van der Waals surface area contributed by atoms with E-state index in [2.05, 4.69) is 31.2 Å². The quantitative estimate of drug-likeness (QED) is 0.918. The second-order valence-corrected chi connectivity index (χ2v) is 5.75. The molecule has 0 aliphatic heterocycles. The number of aromatic nitrogens is 2. The van der Waals surface area contributed by atoms with Crippen LogP contribution in [-0.2, 0) is 10.8 Å². The smallest absolute Gasteiger partial charge is 0.223 e. The van der Waals surface area contributed by atoms with Gasteiger partial charge in [0.05, 0.1) is 10.2 Å². The molecule has 1 N–H and O–H groups in total. The predicted molar refractivity (Wildman–Crippen MR) is 66.5 cm³/mol. The molecular weight excluding hydrogens is 278 g/mol. The minimum atomic E-state index is -0.806. The third-order valence-corrected chi connectivity index (χ3v) is 3.53. The molecule has 0 aromatic carbocycles. The third-order valence-electron chi connectivity index (χ3n) is 1.78. The molecule has 0 aliphatic carbocycles. The second-order valence-electron chi connectivity index (χ2n) is 3.41. The number of rotatable bonds is 4. The molecule has 0 radical (unpaired) electrons. The summed E-state index contributed by atoms with van der Waals surface area (Å²) in [5.41, 5.74) is 0.886. The van der Waals surface area contributed by atoms with Gasteiger partial charge in [-0.25, -0.2) is 9.97 Å². The summed E-state index contributed by atoms with van der Waals surface area (Å²) in [7, 11) is -0.806. The van der Waals surface area contributed by atoms with Crippen LogP contribution >= 0.6 is 15.9 Å². The molecule has 0 spiro atoms. The van der Waals surface area contributed by atoms with Gasteiger partial charge >= 0.3 is 0 Å². The van der Waals surface area contributed by atoms with Crippen molar-refractivity contribution >= 4 is 32.7 Å². The van der Waals surface area contributed by atoms with Crippen LogP contribution in [0.3, 0.4) is 0 Å². The zero-order valence-corrected chi connectivity index (χ0v) is 11.4. The maximum Gasteiger partial charge on any atom is 0.223 e. The fourth-order valence-electron chi connectivity index (χ4n) is 1.14. The van der Waals surface area contributed by atoms with Gasteiger partial charge < -0.3 is 5.32 Å². The molecule has 2 unspecified atom stereocenters. The maximum atomic E-state index is 11.0. The van der Waals surface area contributed by atoms with E-state index >= 15 is 0 Å². The van der Waals surface area contributed by atoms with Crippen molar-refractivity contribution in [2.24, 2.45) is 0 Å². The van der Waals surface area contributed by atoms with Crippen molar-refractivity contribution in [3.05, 3.63) is 16.4 Å². The molecule has 4 nitrogen and oxygen atoms in total. The van der Waals surface area contributed by atoms with Gasteiger partial charge in [-0.15, -0.1) is 0 Å². The number of hydrogen-bond acceptors (Lipinski definition) is 4. The molecular formula is C9H14BrN3OS. The molecule has 1 rings (SSSR count). The van der Waals surface area contributed by atoms with E-state index in [1.807, 2.05) is 13.8 Å². The number of halogens is 1. The highest BCUT2D eigenvalue weighted by atomic mass is 79.9. The van der Waals surface area contributed by atoms with Crippen LogP contribution in [0.25, 0.3) is 0 Å². The van der Waals surface area contributed by atoms with Crippen LogP contribution in [0.15, 0.2) is 10.7 Å². The lowest BCUT2D eigenvalue weighted by atomic mass is 10.4. The zero-order valence-electron chi connectivity index (χ0n) is 8.95. The lowest BCUT2D eigenvalue weighted by Crippen LogP contribution is -2.23. The molecule has 1 heterocycles.